The van der Waals surface area contributed by atoms with E-state index in [4.69, 9.17) is 9.63 Å². The molecular formula is C12H12N2O3S. The summed E-state index contributed by atoms with van der Waals surface area (Å²) in [6, 6.07) is 9.35. The molecule has 6 heteroatoms. The highest BCUT2D eigenvalue weighted by Crippen LogP contribution is 2.18. The van der Waals surface area contributed by atoms with Crippen molar-refractivity contribution in [3.8, 4) is 0 Å². The maximum Gasteiger partial charge on any atom is 0.358 e. The molecule has 0 spiro atoms. The third kappa shape index (κ3) is 3.04. The summed E-state index contributed by atoms with van der Waals surface area (Å²) in [6.45, 7) is 0.402. The normalized spacial score (nSPS) is 10.3. The lowest BCUT2D eigenvalue weighted by molar-refractivity contribution is 0.0685. The fourth-order valence-electron chi connectivity index (χ4n) is 1.40. The van der Waals surface area contributed by atoms with Crippen molar-refractivity contribution in [3.05, 3.63) is 41.8 Å². The topological polar surface area (TPSA) is 75.4 Å². The second kappa shape index (κ2) is 5.59. The molecule has 0 amide bonds. The van der Waals surface area contributed by atoms with Gasteiger partial charge in [0.25, 0.3) is 0 Å². The van der Waals surface area contributed by atoms with Gasteiger partial charge in [0.1, 0.15) is 0 Å². The minimum atomic E-state index is -1.09. The van der Waals surface area contributed by atoms with Crippen LogP contribution in [0.5, 0.6) is 0 Å². The molecule has 0 fully saturated rings. The lowest BCUT2D eigenvalue weighted by Crippen LogP contribution is -1.98. The van der Waals surface area contributed by atoms with Gasteiger partial charge in [0, 0.05) is 16.6 Å². The molecule has 1 aromatic carbocycles. The van der Waals surface area contributed by atoms with E-state index in [1.165, 1.54) is 11.0 Å². The quantitative estimate of drug-likeness (QED) is 0.809. The van der Waals surface area contributed by atoms with E-state index in [1.807, 2.05) is 30.5 Å². The molecule has 0 unspecified atom stereocenters. The number of aromatic carboxylic acids is 1. The van der Waals surface area contributed by atoms with E-state index in [0.29, 0.717) is 12.3 Å². The number of hydrogen-bond acceptors (Lipinski definition) is 5. The van der Waals surface area contributed by atoms with Crippen molar-refractivity contribution < 1.29 is 14.4 Å². The van der Waals surface area contributed by atoms with Crippen molar-refractivity contribution >= 4 is 23.4 Å². The Kier molecular flexibility index (Phi) is 3.88. The van der Waals surface area contributed by atoms with Crippen LogP contribution in [0.25, 0.3) is 0 Å². The molecule has 0 saturated carbocycles. The Bertz CT molecular complexity index is 537. The number of carbonyl (C=O) groups is 1. The first-order valence-electron chi connectivity index (χ1n) is 5.26. The van der Waals surface area contributed by atoms with Crippen LogP contribution in [0, 0.1) is 0 Å². The number of benzene rings is 1. The van der Waals surface area contributed by atoms with Crippen molar-refractivity contribution in [1.82, 2.24) is 5.16 Å². The predicted molar refractivity (Wildman–Crippen MR) is 69.0 cm³/mol. The van der Waals surface area contributed by atoms with E-state index in [2.05, 4.69) is 10.5 Å². The van der Waals surface area contributed by atoms with Gasteiger partial charge in [0.2, 0.25) is 0 Å². The minimum Gasteiger partial charge on any atom is -0.476 e. The van der Waals surface area contributed by atoms with Crippen LogP contribution < -0.4 is 5.32 Å². The minimum absolute atomic E-state index is 0.0791. The number of nitrogens with zero attached hydrogens (tertiary/aromatic N) is 1. The highest BCUT2D eigenvalue weighted by atomic mass is 32.2. The van der Waals surface area contributed by atoms with Crippen molar-refractivity contribution in [2.45, 2.75) is 11.4 Å². The summed E-state index contributed by atoms with van der Waals surface area (Å²) in [7, 11) is 0. The molecule has 2 N–H and O–H groups in total. The Morgan fingerprint density at radius 3 is 2.72 bits per heavy atom. The first kappa shape index (κ1) is 12.5. The molecule has 0 saturated heterocycles. The Labute approximate surface area is 108 Å². The molecule has 0 bridgehead atoms. The maximum atomic E-state index is 10.6. The lowest BCUT2D eigenvalue weighted by Gasteiger charge is -2.04. The van der Waals surface area contributed by atoms with E-state index in [-0.39, 0.29) is 5.69 Å². The molecule has 0 aliphatic rings. The fraction of sp³-hybridized carbons (Fsp3) is 0.167. The molecule has 5 nitrogen and oxygen atoms in total. The average Bonchev–Trinajstić information content (AvgIpc) is 2.86. The molecule has 0 radical (unpaired) electrons. The van der Waals surface area contributed by atoms with Gasteiger partial charge in [-0.05, 0) is 30.5 Å². The number of rotatable bonds is 5. The summed E-state index contributed by atoms with van der Waals surface area (Å²) < 4.78 is 4.90. The molecule has 2 aromatic rings. The van der Waals surface area contributed by atoms with Gasteiger partial charge in [-0.1, -0.05) is 5.16 Å². The van der Waals surface area contributed by atoms with Gasteiger partial charge in [-0.15, -0.1) is 11.8 Å². The highest BCUT2D eigenvalue weighted by molar-refractivity contribution is 7.98. The number of carboxylic acid groups (broad SMARTS) is 1. The predicted octanol–water partition coefficient (Wildman–Crippen LogP) is 2.71. The summed E-state index contributed by atoms with van der Waals surface area (Å²) in [5.41, 5.74) is 0.866. The van der Waals surface area contributed by atoms with Crippen LogP contribution in [0.2, 0.25) is 0 Å². The number of carboxylic acids is 1. The van der Waals surface area contributed by atoms with Crippen molar-refractivity contribution in [1.29, 1.82) is 0 Å². The van der Waals surface area contributed by atoms with Crippen molar-refractivity contribution in [2.75, 3.05) is 11.6 Å². The molecule has 1 aromatic heterocycles. The Hall–Kier alpha value is -1.95. The number of anilines is 1. The van der Waals surface area contributed by atoms with Gasteiger partial charge in [-0.3, -0.25) is 0 Å². The van der Waals surface area contributed by atoms with Crippen LogP contribution in [-0.2, 0) is 6.54 Å². The van der Waals surface area contributed by atoms with E-state index >= 15 is 0 Å². The van der Waals surface area contributed by atoms with Gasteiger partial charge in [0.15, 0.2) is 11.5 Å². The van der Waals surface area contributed by atoms with Crippen LogP contribution in [0.4, 0.5) is 5.69 Å². The van der Waals surface area contributed by atoms with Gasteiger partial charge < -0.3 is 14.9 Å². The van der Waals surface area contributed by atoms with Gasteiger partial charge in [0.05, 0.1) is 6.54 Å². The maximum absolute atomic E-state index is 10.6. The zero-order valence-corrected chi connectivity index (χ0v) is 10.5. The van der Waals surface area contributed by atoms with Crippen molar-refractivity contribution in [3.63, 3.8) is 0 Å². The third-order valence-corrected chi connectivity index (χ3v) is 3.08. The van der Waals surface area contributed by atoms with Crippen molar-refractivity contribution in [2.24, 2.45) is 0 Å². The molecule has 18 heavy (non-hydrogen) atoms. The second-order valence-electron chi connectivity index (χ2n) is 3.57. The van der Waals surface area contributed by atoms with E-state index < -0.39 is 5.97 Å². The molecule has 2 rings (SSSR count). The van der Waals surface area contributed by atoms with Crippen LogP contribution in [-0.4, -0.2) is 22.5 Å². The summed E-state index contributed by atoms with van der Waals surface area (Å²) in [6.07, 6.45) is 2.02. The van der Waals surface area contributed by atoms with E-state index in [9.17, 15) is 4.79 Å². The van der Waals surface area contributed by atoms with E-state index in [1.54, 1.807) is 11.8 Å². The fourth-order valence-corrected chi connectivity index (χ4v) is 1.80. The number of aromatic nitrogens is 1. The van der Waals surface area contributed by atoms with Gasteiger partial charge >= 0.3 is 5.97 Å². The summed E-state index contributed by atoms with van der Waals surface area (Å²) >= 11 is 1.68. The number of hydrogen-bond donors (Lipinski definition) is 2. The second-order valence-corrected chi connectivity index (χ2v) is 4.45. The first-order valence-corrected chi connectivity index (χ1v) is 6.48. The molecule has 1 heterocycles. The number of thioether (sulfide) groups is 1. The molecule has 0 aliphatic carbocycles. The highest BCUT2D eigenvalue weighted by Gasteiger charge is 2.10. The molecular weight excluding hydrogens is 252 g/mol. The summed E-state index contributed by atoms with van der Waals surface area (Å²) in [5.74, 6) is -0.601. The zero-order valence-electron chi connectivity index (χ0n) is 9.71. The average molecular weight is 264 g/mol. The van der Waals surface area contributed by atoms with Crippen LogP contribution in [0.15, 0.2) is 39.8 Å². The molecule has 94 valence electrons. The Morgan fingerprint density at radius 1 is 1.44 bits per heavy atom. The summed E-state index contributed by atoms with van der Waals surface area (Å²) in [4.78, 5) is 11.8. The largest absolute Gasteiger partial charge is 0.476 e. The van der Waals surface area contributed by atoms with Crippen LogP contribution in [0.1, 0.15) is 16.2 Å². The SMILES string of the molecule is CSc1ccc(NCc2cc(C(=O)O)no2)cc1. The zero-order chi connectivity index (χ0) is 13.0. The molecule has 0 aliphatic heterocycles. The van der Waals surface area contributed by atoms with Gasteiger partial charge in [-0.25, -0.2) is 4.79 Å². The summed E-state index contributed by atoms with van der Waals surface area (Å²) in [5, 5.41) is 15.3. The first-order chi connectivity index (χ1) is 8.69. The lowest BCUT2D eigenvalue weighted by atomic mass is 10.3. The Morgan fingerprint density at radius 2 is 2.17 bits per heavy atom. The monoisotopic (exact) mass is 264 g/mol. The smallest absolute Gasteiger partial charge is 0.358 e. The van der Waals surface area contributed by atoms with Crippen LogP contribution >= 0.6 is 11.8 Å². The number of nitrogens with one attached hydrogen (secondary N) is 1. The standard InChI is InChI=1S/C12H12N2O3S/c1-18-10-4-2-8(3-5-10)13-7-9-6-11(12(15)16)14-17-9/h2-6,13H,7H2,1H3,(H,15,16). The third-order valence-electron chi connectivity index (χ3n) is 2.33. The Balaban J connectivity index is 1.95. The molecule has 0 atom stereocenters. The van der Waals surface area contributed by atoms with Crippen LogP contribution in [0.3, 0.4) is 0 Å². The van der Waals surface area contributed by atoms with Gasteiger partial charge in [-0.2, -0.15) is 0 Å². The van der Waals surface area contributed by atoms with E-state index in [0.717, 1.165) is 5.69 Å².